The Morgan fingerprint density at radius 1 is 1.26 bits per heavy atom. The van der Waals surface area contributed by atoms with E-state index in [1.807, 2.05) is 6.92 Å². The summed E-state index contributed by atoms with van der Waals surface area (Å²) in [6, 6.07) is 5.12. The van der Waals surface area contributed by atoms with Crippen molar-refractivity contribution in [1.82, 2.24) is 24.9 Å². The first-order valence-corrected chi connectivity index (χ1v) is 9.37. The minimum absolute atomic E-state index is 0.0956. The van der Waals surface area contributed by atoms with Gasteiger partial charge in [-0.3, -0.25) is 0 Å². The largest absolute Gasteiger partial charge is 0.240 e. The highest BCUT2D eigenvalue weighted by molar-refractivity contribution is 7.89. The lowest BCUT2D eigenvalue weighted by Gasteiger charge is -2.23. The molecule has 2 bridgehead atoms. The number of rotatable bonds is 4. The van der Waals surface area contributed by atoms with Crippen molar-refractivity contribution >= 4 is 10.0 Å². The monoisotopic (exact) mass is 333 g/mol. The lowest BCUT2D eigenvalue weighted by atomic mass is 9.96. The Morgan fingerprint density at radius 3 is 2.74 bits per heavy atom. The average molecular weight is 333 g/mol. The van der Waals surface area contributed by atoms with E-state index in [9.17, 15) is 8.42 Å². The van der Waals surface area contributed by atoms with Crippen molar-refractivity contribution in [1.29, 1.82) is 0 Å². The van der Waals surface area contributed by atoms with E-state index in [-0.39, 0.29) is 6.04 Å². The van der Waals surface area contributed by atoms with E-state index in [1.165, 1.54) is 23.9 Å². The van der Waals surface area contributed by atoms with Gasteiger partial charge in [-0.1, -0.05) is 6.42 Å². The number of benzene rings is 1. The lowest BCUT2D eigenvalue weighted by molar-refractivity contribution is 0.390. The summed E-state index contributed by atoms with van der Waals surface area (Å²) < 4.78 is 29.7. The summed E-state index contributed by atoms with van der Waals surface area (Å²) in [5.74, 6) is 1.22. The molecule has 1 heterocycles. The molecule has 1 aromatic heterocycles. The van der Waals surface area contributed by atoms with E-state index in [1.54, 1.807) is 18.2 Å². The molecule has 2 fully saturated rings. The average Bonchev–Trinajstić information content (AvgIpc) is 3.24. The van der Waals surface area contributed by atoms with Crippen molar-refractivity contribution in [2.24, 2.45) is 11.8 Å². The molecule has 1 aromatic carbocycles. The van der Waals surface area contributed by atoms with Crippen LogP contribution in [0, 0.1) is 18.8 Å². The van der Waals surface area contributed by atoms with Gasteiger partial charge in [0.1, 0.15) is 6.33 Å². The number of sulfonamides is 1. The molecule has 2 saturated carbocycles. The fraction of sp³-hybridized carbons (Fsp3) is 0.533. The zero-order valence-corrected chi connectivity index (χ0v) is 13.7. The predicted octanol–water partition coefficient (Wildman–Crippen LogP) is 1.44. The highest BCUT2D eigenvalue weighted by atomic mass is 32.2. The van der Waals surface area contributed by atoms with Gasteiger partial charge in [-0.05, 0) is 72.2 Å². The Labute approximate surface area is 135 Å². The number of aryl methyl sites for hydroxylation is 1. The zero-order valence-electron chi connectivity index (χ0n) is 12.9. The van der Waals surface area contributed by atoms with Crippen LogP contribution in [0.2, 0.25) is 0 Å². The summed E-state index contributed by atoms with van der Waals surface area (Å²) in [6.45, 7) is 1.85. The molecule has 2 aromatic rings. The second kappa shape index (κ2) is 5.38. The van der Waals surface area contributed by atoms with Gasteiger partial charge < -0.3 is 0 Å². The molecule has 1 N–H and O–H groups in total. The summed E-state index contributed by atoms with van der Waals surface area (Å²) in [7, 11) is -3.49. The van der Waals surface area contributed by atoms with Crippen LogP contribution in [0.25, 0.3) is 5.69 Å². The first kappa shape index (κ1) is 14.8. The van der Waals surface area contributed by atoms with Crippen molar-refractivity contribution in [3.05, 3.63) is 30.1 Å². The Kier molecular flexibility index (Phi) is 3.46. The highest BCUT2D eigenvalue weighted by Gasteiger charge is 2.41. The number of hydrogen-bond acceptors (Lipinski definition) is 5. The topological polar surface area (TPSA) is 89.8 Å². The number of nitrogens with zero attached hydrogens (tertiary/aromatic N) is 4. The van der Waals surface area contributed by atoms with Crippen LogP contribution in [0.1, 0.15) is 31.2 Å². The smallest absolute Gasteiger partial charge is 0.208 e. The summed E-state index contributed by atoms with van der Waals surface area (Å²) in [5.41, 5.74) is 1.59. The fourth-order valence-electron chi connectivity index (χ4n) is 3.98. The van der Waals surface area contributed by atoms with E-state index in [0.29, 0.717) is 16.7 Å². The molecular weight excluding hydrogens is 314 g/mol. The number of hydrogen-bond donors (Lipinski definition) is 1. The molecule has 7 nitrogen and oxygen atoms in total. The molecule has 0 spiro atoms. The van der Waals surface area contributed by atoms with E-state index >= 15 is 0 Å². The Morgan fingerprint density at radius 2 is 2.13 bits per heavy atom. The third-order valence-electron chi connectivity index (χ3n) is 5.12. The number of tetrazole rings is 1. The lowest BCUT2D eigenvalue weighted by Crippen LogP contribution is -2.38. The molecule has 122 valence electrons. The van der Waals surface area contributed by atoms with Crippen LogP contribution in [0.4, 0.5) is 0 Å². The van der Waals surface area contributed by atoms with Crippen LogP contribution in [-0.4, -0.2) is 34.7 Å². The van der Waals surface area contributed by atoms with Crippen molar-refractivity contribution in [2.45, 2.75) is 43.5 Å². The standard InChI is InChI=1S/C15H19N5O2S/c1-10-6-13(4-5-15(10)20-9-16-18-19-20)23(21,22)17-14-8-11-2-3-12(14)7-11/h4-6,9,11-12,14,17H,2-3,7-8H2,1H3/t11-,12-,14-/m0/s1. The second-order valence-corrected chi connectivity index (χ2v) is 8.32. The van der Waals surface area contributed by atoms with E-state index in [0.717, 1.165) is 24.1 Å². The van der Waals surface area contributed by atoms with Crippen LogP contribution in [-0.2, 0) is 10.0 Å². The first-order chi connectivity index (χ1) is 11.0. The van der Waals surface area contributed by atoms with Crippen LogP contribution in [0.3, 0.4) is 0 Å². The van der Waals surface area contributed by atoms with Gasteiger partial charge in [-0.25, -0.2) is 17.8 Å². The highest BCUT2D eigenvalue weighted by Crippen LogP contribution is 2.44. The minimum Gasteiger partial charge on any atom is -0.208 e. The third kappa shape index (κ3) is 2.66. The summed E-state index contributed by atoms with van der Waals surface area (Å²) in [4.78, 5) is 0.301. The fourth-order valence-corrected chi connectivity index (χ4v) is 5.38. The molecule has 0 radical (unpaired) electrons. The summed E-state index contributed by atoms with van der Waals surface area (Å²) in [6.07, 6.45) is 6.04. The summed E-state index contributed by atoms with van der Waals surface area (Å²) >= 11 is 0. The first-order valence-electron chi connectivity index (χ1n) is 7.89. The zero-order chi connectivity index (χ0) is 16.0. The second-order valence-electron chi connectivity index (χ2n) is 6.61. The molecule has 0 amide bonds. The van der Waals surface area contributed by atoms with Gasteiger partial charge in [0.15, 0.2) is 0 Å². The van der Waals surface area contributed by atoms with Gasteiger partial charge in [0, 0.05) is 6.04 Å². The Balaban J connectivity index is 1.58. The molecule has 4 rings (SSSR count). The van der Waals surface area contributed by atoms with E-state index in [4.69, 9.17) is 0 Å². The number of nitrogens with one attached hydrogen (secondary N) is 1. The maximum atomic E-state index is 12.7. The molecule has 8 heteroatoms. The molecule has 2 aliphatic rings. The third-order valence-corrected chi connectivity index (χ3v) is 6.61. The number of aromatic nitrogens is 4. The van der Waals surface area contributed by atoms with Crippen molar-refractivity contribution in [3.8, 4) is 5.69 Å². The van der Waals surface area contributed by atoms with Gasteiger partial charge in [-0.2, -0.15) is 0 Å². The SMILES string of the molecule is Cc1cc(S(=O)(=O)N[C@H]2C[C@H]3CC[C@H]2C3)ccc1-n1cnnn1. The van der Waals surface area contributed by atoms with Gasteiger partial charge in [0.05, 0.1) is 10.6 Å². The minimum atomic E-state index is -3.49. The normalized spacial score (nSPS) is 26.7. The quantitative estimate of drug-likeness (QED) is 0.914. The van der Waals surface area contributed by atoms with Gasteiger partial charge in [-0.15, -0.1) is 5.10 Å². The molecule has 23 heavy (non-hydrogen) atoms. The maximum absolute atomic E-state index is 12.7. The van der Waals surface area contributed by atoms with Crippen molar-refractivity contribution in [2.75, 3.05) is 0 Å². The van der Waals surface area contributed by atoms with Crippen LogP contribution in [0.5, 0.6) is 0 Å². The number of fused-ring (bicyclic) bond motifs is 2. The predicted molar refractivity (Wildman–Crippen MR) is 83.4 cm³/mol. The Bertz CT molecular complexity index is 818. The van der Waals surface area contributed by atoms with Crippen molar-refractivity contribution < 1.29 is 8.42 Å². The molecule has 0 aliphatic heterocycles. The summed E-state index contributed by atoms with van der Waals surface area (Å²) in [5, 5.41) is 11.0. The molecule has 2 aliphatic carbocycles. The van der Waals surface area contributed by atoms with Crippen LogP contribution >= 0.6 is 0 Å². The molecule has 3 atom stereocenters. The molecule has 0 saturated heterocycles. The Hall–Kier alpha value is -1.80. The van der Waals surface area contributed by atoms with Gasteiger partial charge >= 0.3 is 0 Å². The van der Waals surface area contributed by atoms with Crippen LogP contribution < -0.4 is 4.72 Å². The van der Waals surface area contributed by atoms with Gasteiger partial charge in [0.25, 0.3) is 0 Å². The maximum Gasteiger partial charge on any atom is 0.240 e. The van der Waals surface area contributed by atoms with Crippen molar-refractivity contribution in [3.63, 3.8) is 0 Å². The molecular formula is C15H19N5O2S. The van der Waals surface area contributed by atoms with E-state index < -0.39 is 10.0 Å². The van der Waals surface area contributed by atoms with E-state index in [2.05, 4.69) is 20.2 Å². The van der Waals surface area contributed by atoms with Crippen LogP contribution in [0.15, 0.2) is 29.4 Å². The molecule has 0 unspecified atom stereocenters. The van der Waals surface area contributed by atoms with Gasteiger partial charge in [0.2, 0.25) is 10.0 Å².